The number of nitrogens with zero attached hydrogens (tertiary/aromatic N) is 4. The van der Waals surface area contributed by atoms with Crippen LogP contribution in [0.1, 0.15) is 28.8 Å². The summed E-state index contributed by atoms with van der Waals surface area (Å²) in [5.41, 5.74) is 3.01. The minimum absolute atomic E-state index is 0.191. The number of carbonyl (C=O) groups excluding carboxylic acids is 1. The van der Waals surface area contributed by atoms with E-state index in [9.17, 15) is 23.3 Å². The van der Waals surface area contributed by atoms with Crippen molar-refractivity contribution in [1.82, 2.24) is 19.8 Å². The Balaban J connectivity index is 1.03. The van der Waals surface area contributed by atoms with Crippen LogP contribution in [0.3, 0.4) is 0 Å². The molecule has 14 heteroatoms. The van der Waals surface area contributed by atoms with Crippen molar-refractivity contribution < 1.29 is 18.1 Å². The first-order valence-electron chi connectivity index (χ1n) is 18.5. The fraction of sp³-hybridized carbons (Fsp3) is 0.310. The topological polar surface area (TPSA) is 128 Å². The third-order valence-corrected chi connectivity index (χ3v) is 12.8. The van der Waals surface area contributed by atoms with E-state index in [0.717, 1.165) is 48.9 Å². The number of allylic oxidation sites excluding steroid dienone is 1. The molecule has 2 N–H and O–H groups in total. The monoisotopic (exact) mass is 814 g/mol. The van der Waals surface area contributed by atoms with Crippen molar-refractivity contribution in [2.45, 2.75) is 36.0 Å². The van der Waals surface area contributed by atoms with Crippen LogP contribution < -0.4 is 14.9 Å². The van der Waals surface area contributed by atoms with Crippen LogP contribution >= 0.6 is 23.4 Å². The lowest BCUT2D eigenvalue weighted by Gasteiger charge is -2.36. The van der Waals surface area contributed by atoms with Crippen molar-refractivity contribution in [3.63, 3.8) is 0 Å². The summed E-state index contributed by atoms with van der Waals surface area (Å²) in [5, 5.41) is 16.4. The highest BCUT2D eigenvalue weighted by Crippen LogP contribution is 2.29. The Kier molecular flexibility index (Phi) is 13.7. The molecule has 1 saturated heterocycles. The van der Waals surface area contributed by atoms with Gasteiger partial charge in [-0.25, -0.2) is 18.5 Å². The molecule has 2 atom stereocenters. The summed E-state index contributed by atoms with van der Waals surface area (Å²) < 4.78 is 28.8. The molecule has 11 nitrogen and oxygen atoms in total. The minimum atomic E-state index is -4.30. The maximum atomic E-state index is 13.3. The van der Waals surface area contributed by atoms with Gasteiger partial charge in [0, 0.05) is 76.7 Å². The molecule has 0 saturated carbocycles. The molecule has 0 aromatic heterocycles. The molecular formula is C42H47ClN6O5S2. The number of sulfonamides is 1. The highest BCUT2D eigenvalue weighted by Gasteiger charge is 2.43. The molecule has 1 amide bonds. The van der Waals surface area contributed by atoms with Gasteiger partial charge in [-0.1, -0.05) is 72.3 Å². The molecular weight excluding hydrogens is 768 g/mol. The molecule has 0 radical (unpaired) electrons. The molecule has 4 aromatic carbocycles. The van der Waals surface area contributed by atoms with E-state index in [0.29, 0.717) is 23.7 Å². The number of piperazine rings is 1. The lowest BCUT2D eigenvalue weighted by molar-refractivity contribution is -0.563. The van der Waals surface area contributed by atoms with E-state index >= 15 is 0 Å². The predicted molar refractivity (Wildman–Crippen MR) is 226 cm³/mol. The molecule has 4 aromatic rings. The number of benzene rings is 4. The number of carbonyl (C=O) groups is 1. The van der Waals surface area contributed by atoms with E-state index in [1.165, 1.54) is 29.4 Å². The first kappa shape index (κ1) is 41.1. The summed E-state index contributed by atoms with van der Waals surface area (Å²) in [6, 6.07) is 32.8. The van der Waals surface area contributed by atoms with Gasteiger partial charge in [-0.2, -0.15) is 0 Å². The lowest BCUT2D eigenvalue weighted by atomic mass is 9.99. The van der Waals surface area contributed by atoms with Crippen LogP contribution in [-0.4, -0.2) is 93.3 Å². The predicted octanol–water partition coefficient (Wildman–Crippen LogP) is 6.91. The Morgan fingerprint density at radius 3 is 2.27 bits per heavy atom. The quantitative estimate of drug-likeness (QED) is 0.0534. The Morgan fingerprint density at radius 1 is 0.946 bits per heavy atom. The molecule has 2 aliphatic rings. The SMILES string of the molecule is CN(C)CCC(CSc1ccccc1)NC1([N+](=O)[O-])C=CC(S(=O)(=O)NC(=O)c2ccc(N3CCN(Cc4ccccc4-c4ccc(Cl)cc4)CC3)cc2)=CC1. The summed E-state index contributed by atoms with van der Waals surface area (Å²) in [7, 11) is -0.404. The fourth-order valence-electron chi connectivity index (χ4n) is 6.82. The van der Waals surface area contributed by atoms with E-state index in [1.54, 1.807) is 23.9 Å². The highest BCUT2D eigenvalue weighted by atomic mass is 35.5. The fourth-order valence-corrected chi connectivity index (χ4v) is 8.97. The molecule has 1 aliphatic carbocycles. The van der Waals surface area contributed by atoms with Gasteiger partial charge in [0.1, 0.15) is 0 Å². The smallest absolute Gasteiger partial charge is 0.297 e. The van der Waals surface area contributed by atoms with Gasteiger partial charge in [0.2, 0.25) is 0 Å². The summed E-state index contributed by atoms with van der Waals surface area (Å²) in [6.45, 7) is 4.84. The number of thioether (sulfide) groups is 1. The Labute approximate surface area is 338 Å². The van der Waals surface area contributed by atoms with Gasteiger partial charge in [0.15, 0.2) is 0 Å². The van der Waals surface area contributed by atoms with Crippen LogP contribution in [-0.2, 0) is 16.6 Å². The van der Waals surface area contributed by atoms with E-state index < -0.39 is 26.5 Å². The first-order chi connectivity index (χ1) is 26.9. The molecule has 0 spiro atoms. The average molecular weight is 815 g/mol. The number of rotatable bonds is 16. The summed E-state index contributed by atoms with van der Waals surface area (Å²) in [6.07, 6.45) is 4.25. The number of amides is 1. The normalized spacial score (nSPS) is 18.1. The molecule has 2 unspecified atom stereocenters. The van der Waals surface area contributed by atoms with Crippen molar-refractivity contribution in [2.75, 3.05) is 57.5 Å². The van der Waals surface area contributed by atoms with Crippen LogP contribution in [0.5, 0.6) is 0 Å². The summed E-state index contributed by atoms with van der Waals surface area (Å²) in [4.78, 5) is 32.8. The lowest BCUT2D eigenvalue weighted by Crippen LogP contribution is -2.56. The van der Waals surface area contributed by atoms with Crippen molar-refractivity contribution in [3.8, 4) is 11.1 Å². The zero-order valence-corrected chi connectivity index (χ0v) is 33.9. The van der Waals surface area contributed by atoms with Crippen LogP contribution in [0.2, 0.25) is 5.02 Å². The number of halogens is 1. The average Bonchev–Trinajstić information content (AvgIpc) is 3.20. The zero-order chi connectivity index (χ0) is 39.7. The number of anilines is 1. The minimum Gasteiger partial charge on any atom is -0.369 e. The standard InChI is InChI=1S/C42H47ClN6O5S2/c1-46(2)25-22-36(31-55-38-9-4-3-5-10-38)44-42(49(51)52)23-20-39(21-24-42)56(53,54)45-41(50)33-14-18-37(19-15-33)48-28-26-47(27-29-48)30-34-8-6-7-11-40(34)32-12-16-35(43)17-13-32/h3-21,23,36,44H,22,24-31H2,1-2H3,(H,45,50). The molecule has 1 aliphatic heterocycles. The number of hydrogen-bond donors (Lipinski definition) is 2. The molecule has 6 rings (SSSR count). The van der Waals surface area contributed by atoms with Crippen LogP contribution in [0.25, 0.3) is 11.1 Å². The van der Waals surface area contributed by atoms with Gasteiger partial charge < -0.3 is 9.80 Å². The van der Waals surface area contributed by atoms with E-state index in [2.05, 4.69) is 38.0 Å². The van der Waals surface area contributed by atoms with Gasteiger partial charge in [-0.3, -0.25) is 19.8 Å². The number of hydrogen-bond acceptors (Lipinski definition) is 10. The maximum Gasteiger partial charge on any atom is 0.297 e. The second-order valence-electron chi connectivity index (χ2n) is 14.3. The Hall–Kier alpha value is -4.50. The highest BCUT2D eigenvalue weighted by molar-refractivity contribution is 7.99. The summed E-state index contributed by atoms with van der Waals surface area (Å²) in [5.74, 6) is -0.192. The Bertz CT molecular complexity index is 2140. The second-order valence-corrected chi connectivity index (χ2v) is 17.5. The number of nitro groups is 1. The third kappa shape index (κ3) is 10.7. The van der Waals surface area contributed by atoms with Gasteiger partial charge in [0.25, 0.3) is 21.6 Å². The first-order valence-corrected chi connectivity index (χ1v) is 21.4. The molecule has 56 heavy (non-hydrogen) atoms. The van der Waals surface area contributed by atoms with Gasteiger partial charge in [0.05, 0.1) is 11.3 Å². The molecule has 1 heterocycles. The van der Waals surface area contributed by atoms with Crippen LogP contribution in [0.15, 0.2) is 131 Å². The van der Waals surface area contributed by atoms with Crippen LogP contribution in [0, 0.1) is 10.1 Å². The second kappa shape index (κ2) is 18.6. The molecule has 1 fully saturated rings. The zero-order valence-electron chi connectivity index (χ0n) is 31.5. The summed E-state index contributed by atoms with van der Waals surface area (Å²) >= 11 is 7.72. The van der Waals surface area contributed by atoms with E-state index in [4.69, 9.17) is 11.6 Å². The van der Waals surface area contributed by atoms with Gasteiger partial charge >= 0.3 is 0 Å². The van der Waals surface area contributed by atoms with E-state index in [-0.39, 0.29) is 22.9 Å². The van der Waals surface area contributed by atoms with Crippen LogP contribution in [0.4, 0.5) is 5.69 Å². The third-order valence-electron chi connectivity index (χ3n) is 10.0. The van der Waals surface area contributed by atoms with Gasteiger partial charge in [-0.05, 0) is 98.4 Å². The largest absolute Gasteiger partial charge is 0.369 e. The van der Waals surface area contributed by atoms with Crippen molar-refractivity contribution >= 4 is 45.0 Å². The van der Waals surface area contributed by atoms with Crippen molar-refractivity contribution in [3.05, 3.63) is 153 Å². The maximum absolute atomic E-state index is 13.3. The Morgan fingerprint density at radius 2 is 1.62 bits per heavy atom. The van der Waals surface area contributed by atoms with Gasteiger partial charge in [-0.15, -0.1) is 11.8 Å². The number of nitrogens with one attached hydrogen (secondary N) is 2. The van der Waals surface area contributed by atoms with E-state index in [1.807, 2.05) is 91.8 Å². The van der Waals surface area contributed by atoms with Crippen molar-refractivity contribution in [1.29, 1.82) is 0 Å². The molecule has 0 bridgehead atoms. The molecule has 294 valence electrons. The van der Waals surface area contributed by atoms with Crippen molar-refractivity contribution in [2.24, 2.45) is 0 Å².